The molecule has 0 saturated heterocycles. The van der Waals surface area contributed by atoms with E-state index in [-0.39, 0.29) is 11.2 Å². The molecule has 2 rings (SSSR count). The lowest BCUT2D eigenvalue weighted by Crippen LogP contribution is -2.37. The minimum Gasteiger partial charge on any atom is -0.329 e. The van der Waals surface area contributed by atoms with E-state index in [0.29, 0.717) is 11.2 Å². The van der Waals surface area contributed by atoms with Gasteiger partial charge in [-0.3, -0.25) is 14.5 Å². The van der Waals surface area contributed by atoms with E-state index in [1.54, 1.807) is 37.3 Å². The Labute approximate surface area is 104 Å². The van der Waals surface area contributed by atoms with Crippen LogP contribution >= 0.6 is 0 Å². The standard InChI is InChI=1S/C12H15N5O/c1-8(2)5-6-17-11-9(15(3)7-14-11)10(13)16(4)12(17)18/h5-7,13H,1H2,2-4H3. The summed E-state index contributed by atoms with van der Waals surface area (Å²) in [5.74, 6) is 0. The van der Waals surface area contributed by atoms with Crippen molar-refractivity contribution < 1.29 is 0 Å². The molecular weight excluding hydrogens is 230 g/mol. The molecule has 2 aromatic heterocycles. The van der Waals surface area contributed by atoms with Gasteiger partial charge in [0, 0.05) is 20.3 Å². The number of hydrogen-bond acceptors (Lipinski definition) is 3. The summed E-state index contributed by atoms with van der Waals surface area (Å²) in [6.45, 7) is 5.60. The van der Waals surface area contributed by atoms with Gasteiger partial charge in [0.2, 0.25) is 0 Å². The van der Waals surface area contributed by atoms with Crippen LogP contribution in [0.1, 0.15) is 6.92 Å². The van der Waals surface area contributed by atoms with Crippen molar-refractivity contribution in [3.8, 4) is 0 Å². The molecule has 0 aliphatic rings. The number of fused-ring (bicyclic) bond motifs is 1. The minimum absolute atomic E-state index is 0.148. The lowest BCUT2D eigenvalue weighted by Gasteiger charge is -2.06. The first-order chi connectivity index (χ1) is 8.43. The highest BCUT2D eigenvalue weighted by Crippen LogP contribution is 2.05. The second-order valence-electron chi connectivity index (χ2n) is 4.25. The van der Waals surface area contributed by atoms with Crippen molar-refractivity contribution in [3.05, 3.63) is 40.5 Å². The van der Waals surface area contributed by atoms with Crippen LogP contribution < -0.4 is 11.2 Å². The first-order valence-corrected chi connectivity index (χ1v) is 5.44. The Balaban J connectivity index is 2.93. The number of nitrogens with one attached hydrogen (secondary N) is 1. The molecule has 94 valence electrons. The average Bonchev–Trinajstić information content (AvgIpc) is 2.68. The van der Waals surface area contributed by atoms with Crippen molar-refractivity contribution in [2.75, 3.05) is 0 Å². The zero-order valence-electron chi connectivity index (χ0n) is 10.6. The topological polar surface area (TPSA) is 68.6 Å². The predicted octanol–water partition coefficient (Wildman–Crippen LogP) is 0.600. The minimum atomic E-state index is -0.302. The second-order valence-corrected chi connectivity index (χ2v) is 4.25. The van der Waals surface area contributed by atoms with E-state index in [0.717, 1.165) is 5.57 Å². The third kappa shape index (κ3) is 1.71. The molecule has 18 heavy (non-hydrogen) atoms. The van der Waals surface area contributed by atoms with Gasteiger partial charge in [-0.2, -0.15) is 0 Å². The van der Waals surface area contributed by atoms with Crippen LogP contribution in [-0.2, 0) is 14.1 Å². The summed E-state index contributed by atoms with van der Waals surface area (Å²) < 4.78 is 4.43. The summed E-state index contributed by atoms with van der Waals surface area (Å²) in [5.41, 5.74) is 1.77. The van der Waals surface area contributed by atoms with Gasteiger partial charge in [-0.25, -0.2) is 9.78 Å². The molecule has 0 aliphatic heterocycles. The fourth-order valence-electron chi connectivity index (χ4n) is 1.71. The Kier molecular flexibility index (Phi) is 2.78. The summed E-state index contributed by atoms with van der Waals surface area (Å²) in [7, 11) is 3.37. The molecule has 0 aromatic carbocycles. The Bertz CT molecular complexity index is 772. The van der Waals surface area contributed by atoms with Crippen molar-refractivity contribution in [1.82, 2.24) is 18.7 Å². The van der Waals surface area contributed by atoms with E-state index >= 15 is 0 Å². The van der Waals surface area contributed by atoms with Gasteiger partial charge in [-0.15, -0.1) is 0 Å². The summed E-state index contributed by atoms with van der Waals surface area (Å²) in [4.78, 5) is 16.3. The van der Waals surface area contributed by atoms with Crippen LogP contribution in [0.5, 0.6) is 0 Å². The van der Waals surface area contributed by atoms with Crippen LogP contribution in [0.4, 0.5) is 0 Å². The maximum atomic E-state index is 12.1. The zero-order valence-corrected chi connectivity index (χ0v) is 10.6. The smallest absolute Gasteiger partial charge is 0.329 e. The largest absolute Gasteiger partial charge is 0.335 e. The van der Waals surface area contributed by atoms with Crippen LogP contribution in [0, 0.1) is 5.41 Å². The Morgan fingerprint density at radius 3 is 2.78 bits per heavy atom. The fourth-order valence-corrected chi connectivity index (χ4v) is 1.71. The predicted molar refractivity (Wildman–Crippen MR) is 69.9 cm³/mol. The van der Waals surface area contributed by atoms with Crippen molar-refractivity contribution in [1.29, 1.82) is 5.41 Å². The highest BCUT2D eigenvalue weighted by atomic mass is 16.1. The molecule has 0 fully saturated rings. The van der Waals surface area contributed by atoms with Gasteiger partial charge in [0.15, 0.2) is 11.1 Å². The molecule has 2 aromatic rings. The van der Waals surface area contributed by atoms with E-state index in [4.69, 9.17) is 5.41 Å². The summed E-state index contributed by atoms with van der Waals surface area (Å²) in [5, 5.41) is 7.95. The summed E-state index contributed by atoms with van der Waals surface area (Å²) in [6, 6.07) is 0. The van der Waals surface area contributed by atoms with Crippen LogP contribution in [0.3, 0.4) is 0 Å². The number of allylic oxidation sites excluding steroid dienone is 2. The molecule has 6 heteroatoms. The van der Waals surface area contributed by atoms with Crippen molar-refractivity contribution >= 4 is 17.4 Å². The van der Waals surface area contributed by atoms with Crippen LogP contribution in [0.25, 0.3) is 17.4 Å². The summed E-state index contributed by atoms with van der Waals surface area (Å²) >= 11 is 0. The summed E-state index contributed by atoms with van der Waals surface area (Å²) in [6.07, 6.45) is 4.95. The maximum Gasteiger partial charge on any atom is 0.335 e. The molecule has 6 nitrogen and oxygen atoms in total. The molecule has 0 aliphatic carbocycles. The molecule has 0 saturated carbocycles. The van der Waals surface area contributed by atoms with Gasteiger partial charge in [0.25, 0.3) is 0 Å². The van der Waals surface area contributed by atoms with Crippen molar-refractivity contribution in [3.63, 3.8) is 0 Å². The van der Waals surface area contributed by atoms with Crippen LogP contribution in [0.2, 0.25) is 0 Å². The fraction of sp³-hybridized carbons (Fsp3) is 0.250. The number of aromatic nitrogens is 4. The second kappa shape index (κ2) is 4.14. The first kappa shape index (κ1) is 12.1. The molecule has 0 bridgehead atoms. The van der Waals surface area contributed by atoms with Crippen molar-refractivity contribution in [2.24, 2.45) is 14.1 Å². The van der Waals surface area contributed by atoms with Crippen LogP contribution in [-0.4, -0.2) is 18.7 Å². The lowest BCUT2D eigenvalue weighted by atomic mass is 10.3. The molecular formula is C12H15N5O. The SMILES string of the molecule is C=C(C)C=Cn1c(=O)n(C)c(=N)c2c1ncn2C. The van der Waals surface area contributed by atoms with Gasteiger partial charge < -0.3 is 4.57 Å². The Morgan fingerprint density at radius 1 is 1.50 bits per heavy atom. The van der Waals surface area contributed by atoms with E-state index in [1.807, 2.05) is 6.92 Å². The molecule has 0 atom stereocenters. The molecule has 2 heterocycles. The van der Waals surface area contributed by atoms with Gasteiger partial charge in [-0.1, -0.05) is 12.2 Å². The Hall–Kier alpha value is -2.37. The highest BCUT2D eigenvalue weighted by Gasteiger charge is 2.10. The van der Waals surface area contributed by atoms with Gasteiger partial charge >= 0.3 is 5.69 Å². The molecule has 0 radical (unpaired) electrons. The number of aryl methyl sites for hydroxylation is 1. The first-order valence-electron chi connectivity index (χ1n) is 5.44. The normalized spacial score (nSPS) is 11.5. The lowest BCUT2D eigenvalue weighted by molar-refractivity contribution is 0.729. The maximum absolute atomic E-state index is 12.1. The molecule has 0 amide bonds. The number of imidazole rings is 1. The zero-order chi connectivity index (χ0) is 13.4. The number of nitrogens with zero attached hydrogens (tertiary/aromatic N) is 4. The van der Waals surface area contributed by atoms with E-state index in [2.05, 4.69) is 11.6 Å². The Morgan fingerprint density at radius 2 is 2.17 bits per heavy atom. The van der Waals surface area contributed by atoms with Gasteiger partial charge in [0.1, 0.15) is 5.52 Å². The monoisotopic (exact) mass is 245 g/mol. The number of hydrogen-bond donors (Lipinski definition) is 1. The molecule has 0 spiro atoms. The van der Waals surface area contributed by atoms with Crippen molar-refractivity contribution in [2.45, 2.75) is 6.92 Å². The van der Waals surface area contributed by atoms with E-state index in [9.17, 15) is 4.79 Å². The molecule has 1 N–H and O–H groups in total. The van der Waals surface area contributed by atoms with E-state index < -0.39 is 0 Å². The quantitative estimate of drug-likeness (QED) is 0.787. The highest BCUT2D eigenvalue weighted by molar-refractivity contribution is 5.71. The number of rotatable bonds is 2. The average molecular weight is 245 g/mol. The van der Waals surface area contributed by atoms with Gasteiger partial charge in [-0.05, 0) is 13.0 Å². The van der Waals surface area contributed by atoms with Gasteiger partial charge in [0.05, 0.1) is 6.33 Å². The van der Waals surface area contributed by atoms with Crippen LogP contribution in [0.15, 0.2) is 29.3 Å². The third-order valence-electron chi connectivity index (χ3n) is 2.71. The van der Waals surface area contributed by atoms with E-state index in [1.165, 1.54) is 9.13 Å². The third-order valence-corrected chi connectivity index (χ3v) is 2.71. The molecule has 0 unspecified atom stereocenters.